The molecule has 0 bridgehead atoms. The molecule has 2 heterocycles. The van der Waals surface area contributed by atoms with E-state index in [1.807, 2.05) is 6.07 Å². The zero-order valence-electron chi connectivity index (χ0n) is 15.9. The molecule has 3 rings (SSSR count). The molecule has 0 unspecified atom stereocenters. The highest BCUT2D eigenvalue weighted by atomic mass is 32.2. The van der Waals surface area contributed by atoms with Crippen LogP contribution in [0.3, 0.4) is 0 Å². The number of benzene rings is 1. The number of rotatable bonds is 6. The zero-order valence-corrected chi connectivity index (χ0v) is 16.7. The normalized spacial score (nSPS) is 14.9. The number of hydrogen-bond acceptors (Lipinski definition) is 6. The summed E-state index contributed by atoms with van der Waals surface area (Å²) >= 11 is 0. The number of aromatic nitrogens is 1. The highest BCUT2D eigenvalue weighted by molar-refractivity contribution is 7.89. The summed E-state index contributed by atoms with van der Waals surface area (Å²) in [5.74, 6) is 0.302. The number of carbonyl (C=O) groups excluding carboxylic acids is 1. The van der Waals surface area contributed by atoms with Gasteiger partial charge in [0.15, 0.2) is 0 Å². The van der Waals surface area contributed by atoms with Crippen molar-refractivity contribution in [3.8, 4) is 0 Å². The van der Waals surface area contributed by atoms with Crippen molar-refractivity contribution in [1.29, 1.82) is 0 Å². The minimum absolute atomic E-state index is 0.0564. The van der Waals surface area contributed by atoms with Gasteiger partial charge in [-0.2, -0.15) is 0 Å². The van der Waals surface area contributed by atoms with E-state index in [1.54, 1.807) is 38.2 Å². The molecule has 2 aromatic rings. The number of anilines is 2. The SMILES string of the molecule is CC(C)NS(=O)(=O)c1ccccc1C(=O)Nc1ccc(N2CCOCC2)nc1. The van der Waals surface area contributed by atoms with E-state index in [2.05, 4.69) is 19.9 Å². The molecule has 150 valence electrons. The molecule has 1 amide bonds. The number of nitrogens with one attached hydrogen (secondary N) is 2. The molecular formula is C19H24N4O4S. The van der Waals surface area contributed by atoms with Crippen molar-refractivity contribution in [3.05, 3.63) is 48.2 Å². The van der Waals surface area contributed by atoms with E-state index in [-0.39, 0.29) is 16.5 Å². The summed E-state index contributed by atoms with van der Waals surface area (Å²) in [6, 6.07) is 9.41. The first-order valence-electron chi connectivity index (χ1n) is 9.08. The molecule has 2 N–H and O–H groups in total. The predicted molar refractivity (Wildman–Crippen MR) is 107 cm³/mol. The van der Waals surface area contributed by atoms with E-state index in [1.165, 1.54) is 12.1 Å². The summed E-state index contributed by atoms with van der Waals surface area (Å²) in [7, 11) is -3.79. The molecule has 28 heavy (non-hydrogen) atoms. The second-order valence-corrected chi connectivity index (χ2v) is 8.41. The van der Waals surface area contributed by atoms with Crippen LogP contribution < -0.4 is 14.9 Å². The zero-order chi connectivity index (χ0) is 20.1. The molecule has 0 saturated carbocycles. The third-order valence-corrected chi connectivity index (χ3v) is 5.87. The molecule has 1 fully saturated rings. The molecule has 0 radical (unpaired) electrons. The van der Waals surface area contributed by atoms with Crippen molar-refractivity contribution in [2.75, 3.05) is 36.5 Å². The Kier molecular flexibility index (Phi) is 6.28. The number of carbonyl (C=O) groups is 1. The largest absolute Gasteiger partial charge is 0.378 e. The smallest absolute Gasteiger partial charge is 0.257 e. The third kappa shape index (κ3) is 4.86. The van der Waals surface area contributed by atoms with E-state index in [0.29, 0.717) is 18.9 Å². The fourth-order valence-electron chi connectivity index (χ4n) is 2.90. The fraction of sp³-hybridized carbons (Fsp3) is 0.368. The van der Waals surface area contributed by atoms with Crippen molar-refractivity contribution < 1.29 is 17.9 Å². The molecule has 1 aliphatic heterocycles. The molecule has 1 aliphatic rings. The lowest BCUT2D eigenvalue weighted by Crippen LogP contribution is -2.36. The van der Waals surface area contributed by atoms with Gasteiger partial charge in [-0.3, -0.25) is 4.79 Å². The topological polar surface area (TPSA) is 101 Å². The Morgan fingerprint density at radius 3 is 2.50 bits per heavy atom. The van der Waals surface area contributed by atoms with Gasteiger partial charge < -0.3 is 15.0 Å². The van der Waals surface area contributed by atoms with Gasteiger partial charge in [0.25, 0.3) is 5.91 Å². The van der Waals surface area contributed by atoms with Gasteiger partial charge in [0.2, 0.25) is 10.0 Å². The Bertz CT molecular complexity index is 923. The van der Waals surface area contributed by atoms with Gasteiger partial charge in [0.05, 0.1) is 35.6 Å². The molecule has 0 spiro atoms. The lowest BCUT2D eigenvalue weighted by atomic mass is 10.2. The van der Waals surface area contributed by atoms with Crippen LogP contribution in [0.1, 0.15) is 24.2 Å². The van der Waals surface area contributed by atoms with Gasteiger partial charge in [-0.05, 0) is 38.1 Å². The average Bonchev–Trinajstić information content (AvgIpc) is 2.68. The van der Waals surface area contributed by atoms with Crippen LogP contribution >= 0.6 is 0 Å². The molecule has 0 atom stereocenters. The number of sulfonamides is 1. The molecule has 1 aromatic carbocycles. The van der Waals surface area contributed by atoms with Crippen LogP contribution in [0.5, 0.6) is 0 Å². The minimum atomic E-state index is -3.79. The minimum Gasteiger partial charge on any atom is -0.378 e. The van der Waals surface area contributed by atoms with E-state index in [0.717, 1.165) is 18.9 Å². The highest BCUT2D eigenvalue weighted by Crippen LogP contribution is 2.19. The third-order valence-electron chi connectivity index (χ3n) is 4.15. The second kappa shape index (κ2) is 8.68. The van der Waals surface area contributed by atoms with Crippen molar-refractivity contribution >= 4 is 27.4 Å². The Balaban J connectivity index is 1.76. The number of pyridine rings is 1. The summed E-state index contributed by atoms with van der Waals surface area (Å²) in [5.41, 5.74) is 0.568. The second-order valence-electron chi connectivity index (χ2n) is 6.73. The Morgan fingerprint density at radius 2 is 1.86 bits per heavy atom. The first kappa shape index (κ1) is 20.2. The maximum absolute atomic E-state index is 12.7. The van der Waals surface area contributed by atoms with Crippen molar-refractivity contribution in [3.63, 3.8) is 0 Å². The number of morpholine rings is 1. The molecule has 1 aromatic heterocycles. The molecule has 1 saturated heterocycles. The first-order valence-corrected chi connectivity index (χ1v) is 10.6. The molecule has 9 heteroatoms. The Labute approximate surface area is 165 Å². The Morgan fingerprint density at radius 1 is 1.14 bits per heavy atom. The van der Waals surface area contributed by atoms with Crippen molar-refractivity contribution in [1.82, 2.24) is 9.71 Å². The van der Waals surface area contributed by atoms with Crippen LogP contribution in [0.2, 0.25) is 0 Å². The van der Waals surface area contributed by atoms with Gasteiger partial charge in [0.1, 0.15) is 5.82 Å². The number of nitrogens with zero attached hydrogens (tertiary/aromatic N) is 2. The standard InChI is InChI=1S/C19H24N4O4S/c1-14(2)22-28(25,26)17-6-4-3-5-16(17)19(24)21-15-7-8-18(20-13-15)23-9-11-27-12-10-23/h3-8,13-14,22H,9-12H2,1-2H3,(H,21,24). The van der Waals surface area contributed by atoms with Gasteiger partial charge in [0, 0.05) is 19.1 Å². The number of amides is 1. The number of ether oxygens (including phenoxy) is 1. The van der Waals surface area contributed by atoms with Crippen LogP contribution in [0, 0.1) is 0 Å². The van der Waals surface area contributed by atoms with Crippen LogP contribution in [0.15, 0.2) is 47.5 Å². The van der Waals surface area contributed by atoms with Crippen LogP contribution in [-0.4, -0.2) is 51.7 Å². The Hall–Kier alpha value is -2.49. The van der Waals surface area contributed by atoms with Gasteiger partial charge in [-0.25, -0.2) is 18.1 Å². The van der Waals surface area contributed by atoms with E-state index >= 15 is 0 Å². The van der Waals surface area contributed by atoms with E-state index in [4.69, 9.17) is 4.74 Å². The summed E-state index contributed by atoms with van der Waals surface area (Å²) in [6.45, 7) is 6.31. The summed E-state index contributed by atoms with van der Waals surface area (Å²) < 4.78 is 32.9. The lowest BCUT2D eigenvalue weighted by Gasteiger charge is -2.27. The van der Waals surface area contributed by atoms with Crippen molar-refractivity contribution in [2.45, 2.75) is 24.8 Å². The maximum atomic E-state index is 12.7. The predicted octanol–water partition coefficient (Wildman–Crippen LogP) is 1.86. The van der Waals surface area contributed by atoms with Gasteiger partial charge in [-0.1, -0.05) is 12.1 Å². The van der Waals surface area contributed by atoms with Crippen LogP contribution in [-0.2, 0) is 14.8 Å². The maximum Gasteiger partial charge on any atom is 0.257 e. The molecular weight excluding hydrogens is 380 g/mol. The van der Waals surface area contributed by atoms with Gasteiger partial charge in [-0.15, -0.1) is 0 Å². The number of hydrogen-bond donors (Lipinski definition) is 2. The quantitative estimate of drug-likeness (QED) is 0.762. The van der Waals surface area contributed by atoms with E-state index < -0.39 is 15.9 Å². The fourth-order valence-corrected chi connectivity index (χ4v) is 4.36. The summed E-state index contributed by atoms with van der Waals surface area (Å²) in [6.07, 6.45) is 1.56. The van der Waals surface area contributed by atoms with E-state index in [9.17, 15) is 13.2 Å². The summed E-state index contributed by atoms with van der Waals surface area (Å²) in [5, 5.41) is 2.72. The first-order chi connectivity index (χ1) is 13.4. The van der Waals surface area contributed by atoms with Crippen LogP contribution in [0.25, 0.3) is 0 Å². The highest BCUT2D eigenvalue weighted by Gasteiger charge is 2.23. The lowest BCUT2D eigenvalue weighted by molar-refractivity contribution is 0.102. The monoisotopic (exact) mass is 404 g/mol. The van der Waals surface area contributed by atoms with Gasteiger partial charge >= 0.3 is 0 Å². The molecule has 0 aliphatic carbocycles. The average molecular weight is 404 g/mol. The summed E-state index contributed by atoms with van der Waals surface area (Å²) in [4.78, 5) is 19.1. The molecule has 8 nitrogen and oxygen atoms in total. The van der Waals surface area contributed by atoms with Crippen molar-refractivity contribution in [2.24, 2.45) is 0 Å². The van der Waals surface area contributed by atoms with Crippen LogP contribution in [0.4, 0.5) is 11.5 Å².